The highest BCUT2D eigenvalue weighted by molar-refractivity contribution is 5.94. The summed E-state index contributed by atoms with van der Waals surface area (Å²) >= 11 is 0. The van der Waals surface area contributed by atoms with Gasteiger partial charge in [0.2, 0.25) is 11.8 Å². The summed E-state index contributed by atoms with van der Waals surface area (Å²) in [6, 6.07) is 14.0. The molecule has 1 fully saturated rings. The SMILES string of the molecule is O=C(CNc1cccc2c1CCCC2)NCc1cccc(NC(=O)C2CC2)c1. The van der Waals surface area contributed by atoms with Crippen molar-refractivity contribution in [1.82, 2.24) is 5.32 Å². The second-order valence-electron chi connectivity index (χ2n) is 7.74. The van der Waals surface area contributed by atoms with E-state index in [1.807, 2.05) is 24.3 Å². The summed E-state index contributed by atoms with van der Waals surface area (Å²) in [7, 11) is 0. The van der Waals surface area contributed by atoms with E-state index in [9.17, 15) is 9.59 Å². The zero-order valence-corrected chi connectivity index (χ0v) is 16.1. The number of anilines is 2. The van der Waals surface area contributed by atoms with Crippen LogP contribution in [0.15, 0.2) is 42.5 Å². The number of benzene rings is 2. The number of carbonyl (C=O) groups is 2. The normalized spacial score (nSPS) is 15.4. The first-order valence-electron chi connectivity index (χ1n) is 10.2. The van der Waals surface area contributed by atoms with Crippen molar-refractivity contribution in [2.24, 2.45) is 5.92 Å². The Labute approximate surface area is 165 Å². The molecule has 5 nitrogen and oxygen atoms in total. The third-order valence-corrected chi connectivity index (χ3v) is 5.47. The molecule has 2 aromatic carbocycles. The van der Waals surface area contributed by atoms with Crippen LogP contribution in [0.1, 0.15) is 42.4 Å². The molecule has 5 heteroatoms. The van der Waals surface area contributed by atoms with Crippen LogP contribution in [0.2, 0.25) is 0 Å². The molecule has 4 rings (SSSR count). The van der Waals surface area contributed by atoms with Crippen LogP contribution in [0, 0.1) is 5.92 Å². The van der Waals surface area contributed by atoms with E-state index in [1.165, 1.54) is 24.0 Å². The fourth-order valence-electron chi connectivity index (χ4n) is 3.73. The number of hydrogen-bond donors (Lipinski definition) is 3. The average Bonchev–Trinajstić information content (AvgIpc) is 3.56. The first kappa shape index (κ1) is 18.5. The molecule has 0 aromatic heterocycles. The van der Waals surface area contributed by atoms with Crippen LogP contribution in [0.3, 0.4) is 0 Å². The molecule has 2 aliphatic rings. The van der Waals surface area contributed by atoms with Gasteiger partial charge in [-0.05, 0) is 73.4 Å². The summed E-state index contributed by atoms with van der Waals surface area (Å²) in [4.78, 5) is 24.2. The number of hydrogen-bond acceptors (Lipinski definition) is 3. The largest absolute Gasteiger partial charge is 0.376 e. The zero-order chi connectivity index (χ0) is 19.3. The number of carbonyl (C=O) groups excluding carboxylic acids is 2. The summed E-state index contributed by atoms with van der Waals surface area (Å²) in [6.45, 7) is 0.703. The van der Waals surface area contributed by atoms with Gasteiger partial charge in [0, 0.05) is 23.8 Å². The van der Waals surface area contributed by atoms with Crippen LogP contribution in [-0.2, 0) is 29.0 Å². The molecule has 0 heterocycles. The molecule has 146 valence electrons. The van der Waals surface area contributed by atoms with E-state index in [0.717, 1.165) is 42.6 Å². The molecule has 2 aliphatic carbocycles. The lowest BCUT2D eigenvalue weighted by atomic mass is 9.90. The summed E-state index contributed by atoms with van der Waals surface area (Å²) in [5.41, 5.74) is 5.61. The van der Waals surface area contributed by atoms with Crippen LogP contribution in [-0.4, -0.2) is 18.4 Å². The van der Waals surface area contributed by atoms with Gasteiger partial charge < -0.3 is 16.0 Å². The minimum atomic E-state index is -0.0409. The molecule has 28 heavy (non-hydrogen) atoms. The maximum absolute atomic E-state index is 12.3. The van der Waals surface area contributed by atoms with E-state index in [2.05, 4.69) is 34.1 Å². The number of rotatable bonds is 7. The van der Waals surface area contributed by atoms with E-state index in [4.69, 9.17) is 0 Å². The summed E-state index contributed by atoms with van der Waals surface area (Å²) < 4.78 is 0. The van der Waals surface area contributed by atoms with Crippen LogP contribution in [0.25, 0.3) is 0 Å². The van der Waals surface area contributed by atoms with Gasteiger partial charge in [-0.15, -0.1) is 0 Å². The molecule has 3 N–H and O–H groups in total. The lowest BCUT2D eigenvalue weighted by Gasteiger charge is -2.20. The maximum Gasteiger partial charge on any atom is 0.239 e. The number of aryl methyl sites for hydroxylation is 1. The Morgan fingerprint density at radius 3 is 2.68 bits per heavy atom. The highest BCUT2D eigenvalue weighted by Gasteiger charge is 2.29. The quantitative estimate of drug-likeness (QED) is 0.690. The van der Waals surface area contributed by atoms with Crippen LogP contribution >= 0.6 is 0 Å². The molecule has 0 radical (unpaired) electrons. The Bertz CT molecular complexity index is 874. The predicted octanol–water partition coefficient (Wildman–Crippen LogP) is 3.64. The van der Waals surface area contributed by atoms with Crippen molar-refractivity contribution in [3.8, 4) is 0 Å². The van der Waals surface area contributed by atoms with Gasteiger partial charge in [-0.3, -0.25) is 9.59 Å². The first-order valence-corrected chi connectivity index (χ1v) is 10.2. The number of nitrogens with one attached hydrogen (secondary N) is 3. The minimum absolute atomic E-state index is 0.0409. The Kier molecular flexibility index (Phi) is 5.60. The molecule has 0 spiro atoms. The zero-order valence-electron chi connectivity index (χ0n) is 16.1. The van der Waals surface area contributed by atoms with E-state index < -0.39 is 0 Å². The lowest BCUT2D eigenvalue weighted by molar-refractivity contribution is -0.119. The highest BCUT2D eigenvalue weighted by Crippen LogP contribution is 2.30. The van der Waals surface area contributed by atoms with Gasteiger partial charge in [0.1, 0.15) is 0 Å². The molecule has 0 atom stereocenters. The van der Waals surface area contributed by atoms with E-state index in [-0.39, 0.29) is 24.3 Å². The standard InChI is InChI=1S/C23H27N3O2/c27-22(15-24-21-10-4-7-17-6-1-2-9-20(17)21)25-14-16-5-3-8-19(13-16)26-23(28)18-11-12-18/h3-5,7-8,10,13,18,24H,1-2,6,9,11-12,14-15H2,(H,25,27)(H,26,28). The van der Waals surface area contributed by atoms with Gasteiger partial charge in [0.25, 0.3) is 0 Å². The second-order valence-corrected chi connectivity index (χ2v) is 7.74. The highest BCUT2D eigenvalue weighted by atomic mass is 16.2. The van der Waals surface area contributed by atoms with Crippen LogP contribution in [0.5, 0.6) is 0 Å². The lowest BCUT2D eigenvalue weighted by Crippen LogP contribution is -2.29. The Balaban J connectivity index is 1.27. The van der Waals surface area contributed by atoms with Gasteiger partial charge in [-0.1, -0.05) is 24.3 Å². The number of fused-ring (bicyclic) bond motifs is 1. The average molecular weight is 377 g/mol. The van der Waals surface area contributed by atoms with Crippen LogP contribution < -0.4 is 16.0 Å². The van der Waals surface area contributed by atoms with Crippen molar-refractivity contribution >= 4 is 23.2 Å². The van der Waals surface area contributed by atoms with Crippen molar-refractivity contribution in [3.63, 3.8) is 0 Å². The van der Waals surface area contributed by atoms with Crippen molar-refractivity contribution in [2.75, 3.05) is 17.2 Å². The molecule has 1 saturated carbocycles. The Morgan fingerprint density at radius 1 is 1.00 bits per heavy atom. The topological polar surface area (TPSA) is 70.2 Å². The van der Waals surface area contributed by atoms with Crippen LogP contribution in [0.4, 0.5) is 11.4 Å². The molecule has 2 amide bonds. The minimum Gasteiger partial charge on any atom is -0.376 e. The third kappa shape index (κ3) is 4.71. The van der Waals surface area contributed by atoms with Gasteiger partial charge in [0.05, 0.1) is 6.54 Å². The maximum atomic E-state index is 12.3. The van der Waals surface area contributed by atoms with Gasteiger partial charge in [-0.25, -0.2) is 0 Å². The summed E-state index contributed by atoms with van der Waals surface area (Å²) in [6.07, 6.45) is 6.64. The van der Waals surface area contributed by atoms with E-state index >= 15 is 0 Å². The van der Waals surface area contributed by atoms with Gasteiger partial charge in [-0.2, -0.15) is 0 Å². The molecule has 0 aliphatic heterocycles. The van der Waals surface area contributed by atoms with E-state index in [0.29, 0.717) is 6.54 Å². The first-order chi connectivity index (χ1) is 13.7. The molecule has 0 saturated heterocycles. The van der Waals surface area contributed by atoms with Crippen molar-refractivity contribution in [2.45, 2.75) is 45.1 Å². The Morgan fingerprint density at radius 2 is 1.82 bits per heavy atom. The molecule has 2 aromatic rings. The summed E-state index contributed by atoms with van der Waals surface area (Å²) in [5.74, 6) is 0.232. The molecular formula is C23H27N3O2. The van der Waals surface area contributed by atoms with Gasteiger partial charge >= 0.3 is 0 Å². The number of amides is 2. The van der Waals surface area contributed by atoms with E-state index in [1.54, 1.807) is 0 Å². The molecule has 0 bridgehead atoms. The second kappa shape index (κ2) is 8.46. The fraction of sp³-hybridized carbons (Fsp3) is 0.391. The third-order valence-electron chi connectivity index (χ3n) is 5.47. The monoisotopic (exact) mass is 377 g/mol. The van der Waals surface area contributed by atoms with Crippen molar-refractivity contribution in [1.29, 1.82) is 0 Å². The van der Waals surface area contributed by atoms with Crippen molar-refractivity contribution in [3.05, 3.63) is 59.2 Å². The fourth-order valence-corrected chi connectivity index (χ4v) is 3.73. The summed E-state index contributed by atoms with van der Waals surface area (Å²) in [5, 5.41) is 9.19. The predicted molar refractivity (Wildman–Crippen MR) is 111 cm³/mol. The smallest absolute Gasteiger partial charge is 0.239 e. The Hall–Kier alpha value is -2.82. The van der Waals surface area contributed by atoms with Gasteiger partial charge in [0.15, 0.2) is 0 Å². The van der Waals surface area contributed by atoms with Crippen molar-refractivity contribution < 1.29 is 9.59 Å². The molecular weight excluding hydrogens is 350 g/mol. The molecule has 0 unspecified atom stereocenters.